The van der Waals surface area contributed by atoms with Crippen molar-refractivity contribution in [2.45, 2.75) is 103 Å². The Morgan fingerprint density at radius 3 is 1.14 bits per heavy atom. The van der Waals surface area contributed by atoms with Crippen molar-refractivity contribution >= 4 is 66.2 Å². The summed E-state index contributed by atoms with van der Waals surface area (Å²) in [6.07, 6.45) is 4.25. The molecule has 3 N–H and O–H groups in total. The Labute approximate surface area is 595 Å². The van der Waals surface area contributed by atoms with Crippen molar-refractivity contribution in [3.05, 3.63) is 329 Å². The van der Waals surface area contributed by atoms with Gasteiger partial charge in [-0.05, 0) is 150 Å². The second-order valence-electron chi connectivity index (χ2n) is 25.7. The first-order valence-electron chi connectivity index (χ1n) is 34.6. The van der Waals surface area contributed by atoms with E-state index in [-0.39, 0.29) is 41.5 Å². The lowest BCUT2D eigenvalue weighted by molar-refractivity contribution is -0.145. The van der Waals surface area contributed by atoms with Crippen molar-refractivity contribution in [1.29, 1.82) is 0 Å². The number of unbranched alkanes of at least 4 members (excludes halogenated alkanes) is 1. The van der Waals surface area contributed by atoms with Crippen LogP contribution in [-0.4, -0.2) is 63.0 Å². The van der Waals surface area contributed by atoms with Crippen LogP contribution in [0.5, 0.6) is 0 Å². The average molecular weight is 1360 g/mol. The SMILES string of the molecule is CC(C)c1ccc(CC(=O)NCCCNC(=O)Cc2ccc(C(C)C)cc2)cc1.Cc1cccc2c(S(=O)(=O)O)cccc12.O=C(Cc1ccc(-c2ccccc2)cc1)OCCCCOC(=O)Cc1ccc(-c2ccccc2)cc1.c1ccc2c(Cc3cccc4ccccc34)cccc2c1. The van der Waals surface area contributed by atoms with Gasteiger partial charge in [0.05, 0.1) is 38.9 Å². The van der Waals surface area contributed by atoms with Gasteiger partial charge in [0.15, 0.2) is 0 Å². The molecule has 0 fully saturated rings. The topological polar surface area (TPSA) is 165 Å². The number of amides is 2. The Balaban J connectivity index is 0.000000164. The number of carbonyl (C=O) groups excluding carboxylic acids is 4. The van der Waals surface area contributed by atoms with Gasteiger partial charge in [-0.15, -0.1) is 0 Å². The number of carbonyl (C=O) groups is 4. The molecule has 0 aromatic heterocycles. The summed E-state index contributed by atoms with van der Waals surface area (Å²) in [6.45, 7) is 12.3. The van der Waals surface area contributed by atoms with E-state index in [0.717, 1.165) is 68.3 Å². The van der Waals surface area contributed by atoms with Gasteiger partial charge >= 0.3 is 11.9 Å². The molecule has 0 heterocycles. The number of hydrogen-bond donors (Lipinski definition) is 3. The highest BCUT2D eigenvalue weighted by molar-refractivity contribution is 7.86. The summed E-state index contributed by atoms with van der Waals surface area (Å²) < 4.78 is 41.9. The lowest BCUT2D eigenvalue weighted by Crippen LogP contribution is -2.31. The van der Waals surface area contributed by atoms with E-state index in [1.54, 1.807) is 18.2 Å². The van der Waals surface area contributed by atoms with Gasteiger partial charge in [0.1, 0.15) is 4.90 Å². The molecular formula is C89H90N2O9S. The van der Waals surface area contributed by atoms with E-state index in [4.69, 9.17) is 14.0 Å². The average Bonchev–Trinajstić information content (AvgIpc) is 0.801. The fraction of sp³-hybridized carbons (Fsp3) is 0.213. The minimum absolute atomic E-state index is 0.0128. The number of benzene rings is 12. The molecular weight excluding hydrogens is 1270 g/mol. The molecule has 0 aliphatic rings. The number of aryl methyl sites for hydroxylation is 1. The fourth-order valence-corrected chi connectivity index (χ4v) is 12.5. The smallest absolute Gasteiger partial charge is 0.310 e. The normalized spacial score (nSPS) is 11.0. The molecule has 0 saturated carbocycles. The molecule has 2 amide bonds. The van der Waals surface area contributed by atoms with Crippen molar-refractivity contribution in [3.63, 3.8) is 0 Å². The molecule has 0 saturated heterocycles. The molecule has 0 bridgehead atoms. The van der Waals surface area contributed by atoms with E-state index in [0.29, 0.717) is 69.2 Å². The number of hydrogen-bond acceptors (Lipinski definition) is 8. The van der Waals surface area contributed by atoms with Crippen molar-refractivity contribution in [2.24, 2.45) is 0 Å². The highest BCUT2D eigenvalue weighted by Gasteiger charge is 2.15. The Morgan fingerprint density at radius 2 is 0.713 bits per heavy atom. The molecule has 12 rings (SSSR count). The Morgan fingerprint density at radius 1 is 0.366 bits per heavy atom. The second kappa shape index (κ2) is 38.0. The number of nitrogens with one attached hydrogen (secondary N) is 2. The monoisotopic (exact) mass is 1360 g/mol. The van der Waals surface area contributed by atoms with Gasteiger partial charge in [0.25, 0.3) is 10.1 Å². The van der Waals surface area contributed by atoms with Gasteiger partial charge in [-0.3, -0.25) is 23.7 Å². The third-order valence-electron chi connectivity index (χ3n) is 17.4. The first kappa shape index (κ1) is 74.4. The third-order valence-corrected chi connectivity index (χ3v) is 18.3. The highest BCUT2D eigenvalue weighted by Crippen LogP contribution is 2.28. The molecule has 0 atom stereocenters. The largest absolute Gasteiger partial charge is 0.465 e. The predicted molar refractivity (Wildman–Crippen MR) is 411 cm³/mol. The van der Waals surface area contributed by atoms with Crippen LogP contribution in [0.25, 0.3) is 54.6 Å². The summed E-state index contributed by atoms with van der Waals surface area (Å²) in [5, 5.41) is 12.6. The zero-order valence-electron chi connectivity index (χ0n) is 58.3. The summed E-state index contributed by atoms with van der Waals surface area (Å²) in [4.78, 5) is 48.3. The van der Waals surface area contributed by atoms with E-state index in [9.17, 15) is 27.6 Å². The summed E-state index contributed by atoms with van der Waals surface area (Å²) in [6, 6.07) is 93.1. The lowest BCUT2D eigenvalue weighted by atomic mass is 9.95. The second-order valence-corrected chi connectivity index (χ2v) is 27.1. The number of rotatable bonds is 24. The number of esters is 2. The molecule has 0 aliphatic carbocycles. The van der Waals surface area contributed by atoms with Crippen LogP contribution in [0.1, 0.15) is 109 Å². The van der Waals surface area contributed by atoms with Gasteiger partial charge in [-0.25, -0.2) is 0 Å². The van der Waals surface area contributed by atoms with Crippen LogP contribution in [0.3, 0.4) is 0 Å². The Hall–Kier alpha value is -10.8. The predicted octanol–water partition coefficient (Wildman–Crippen LogP) is 19.0. The fourth-order valence-electron chi connectivity index (χ4n) is 11.7. The number of fused-ring (bicyclic) bond motifs is 3. The van der Waals surface area contributed by atoms with Crippen molar-refractivity contribution in [1.82, 2.24) is 10.6 Å². The lowest BCUT2D eigenvalue weighted by Gasteiger charge is -2.09. The molecule has 12 aromatic carbocycles. The van der Waals surface area contributed by atoms with Crippen LogP contribution >= 0.6 is 0 Å². The summed E-state index contributed by atoms with van der Waals surface area (Å²) in [5.74, 6) is 0.509. The van der Waals surface area contributed by atoms with Gasteiger partial charge in [-0.1, -0.05) is 301 Å². The number of ether oxygens (including phenoxy) is 2. The molecule has 516 valence electrons. The van der Waals surface area contributed by atoms with Crippen LogP contribution in [0.15, 0.2) is 284 Å². The molecule has 0 unspecified atom stereocenters. The molecule has 11 nitrogen and oxygen atoms in total. The third kappa shape index (κ3) is 23.4. The first-order valence-corrected chi connectivity index (χ1v) is 36.1. The quantitative estimate of drug-likeness (QED) is 0.0303. The van der Waals surface area contributed by atoms with Gasteiger partial charge in [-0.2, -0.15) is 8.42 Å². The van der Waals surface area contributed by atoms with E-state index < -0.39 is 10.1 Å². The molecule has 0 spiro atoms. The molecule has 101 heavy (non-hydrogen) atoms. The van der Waals surface area contributed by atoms with Gasteiger partial charge in [0, 0.05) is 18.5 Å². The van der Waals surface area contributed by atoms with Gasteiger partial charge < -0.3 is 20.1 Å². The zero-order valence-corrected chi connectivity index (χ0v) is 59.1. The van der Waals surface area contributed by atoms with E-state index in [2.05, 4.69) is 172 Å². The minimum Gasteiger partial charge on any atom is -0.465 e. The van der Waals surface area contributed by atoms with Crippen molar-refractivity contribution in [2.75, 3.05) is 26.3 Å². The van der Waals surface area contributed by atoms with E-state index in [1.807, 2.05) is 128 Å². The van der Waals surface area contributed by atoms with Crippen LogP contribution in [0, 0.1) is 6.92 Å². The first-order chi connectivity index (χ1) is 48.9. The summed E-state index contributed by atoms with van der Waals surface area (Å²) >= 11 is 0. The minimum atomic E-state index is -4.15. The zero-order chi connectivity index (χ0) is 71.4. The Bertz CT molecular complexity index is 4490. The summed E-state index contributed by atoms with van der Waals surface area (Å²) in [7, 11) is -4.15. The highest BCUT2D eigenvalue weighted by atomic mass is 32.2. The van der Waals surface area contributed by atoms with Crippen LogP contribution in [0.2, 0.25) is 0 Å². The summed E-state index contributed by atoms with van der Waals surface area (Å²) in [5.41, 5.74) is 14.7. The van der Waals surface area contributed by atoms with E-state index in [1.165, 1.54) is 49.9 Å². The van der Waals surface area contributed by atoms with Crippen LogP contribution < -0.4 is 10.6 Å². The standard InChI is InChI=1S/C32H30O4.C25H34N2O2.C21H16.C11H10O3S/c33-31(23-25-13-17-29(18-14-25)27-9-3-1-4-10-27)35-21-7-8-22-36-32(34)24-26-15-19-30(20-16-26)28-11-5-2-6-12-28;1-18(2)22-10-6-20(7-11-22)16-24(28)26-14-5-15-27-25(29)17-21-8-12-23(13-9-21)19(3)4;1-3-13-20-16(7-1)9-5-11-18(20)15-19-12-6-10-17-8-2-4-14-21(17)19;1-8-4-2-6-10-9(8)5-3-7-11(10)15(12,13)14/h1-6,9-20H,7-8,21-24H2;6-13,18-19H,5,14-17H2,1-4H3,(H,26,28)(H,27,29);1-14H,15H2;2-7H,1H3,(H,12,13,14). The maximum Gasteiger partial charge on any atom is 0.310 e. The molecule has 12 heteroatoms. The maximum absolute atomic E-state index is 12.1. The molecule has 12 aromatic rings. The van der Waals surface area contributed by atoms with E-state index >= 15 is 0 Å². The van der Waals surface area contributed by atoms with Crippen molar-refractivity contribution < 1.29 is 41.6 Å². The van der Waals surface area contributed by atoms with Crippen molar-refractivity contribution in [3.8, 4) is 22.3 Å². The van der Waals surface area contributed by atoms with Crippen LogP contribution in [-0.2, 0) is 70.9 Å². The Kier molecular flexibility index (Phi) is 28.0. The molecule has 0 radical (unpaired) electrons. The van der Waals surface area contributed by atoms with Crippen LogP contribution in [0.4, 0.5) is 0 Å². The van der Waals surface area contributed by atoms with Gasteiger partial charge in [0.2, 0.25) is 11.8 Å². The maximum atomic E-state index is 12.1. The molecule has 0 aliphatic heterocycles.